The highest BCUT2D eigenvalue weighted by atomic mass is 35.5. The molecule has 8 nitrogen and oxygen atoms in total. The number of aldehydes is 1. The predicted molar refractivity (Wildman–Crippen MR) is 158 cm³/mol. The summed E-state index contributed by atoms with van der Waals surface area (Å²) in [6.45, 7) is 1.61. The summed E-state index contributed by atoms with van der Waals surface area (Å²) in [6.07, 6.45) is 3.06. The molecule has 42 heavy (non-hydrogen) atoms. The minimum absolute atomic E-state index is 0.0504. The Balaban J connectivity index is 1.44. The maximum Gasteiger partial charge on any atom is 0.291 e. The van der Waals surface area contributed by atoms with Crippen molar-refractivity contribution in [1.29, 1.82) is 0 Å². The van der Waals surface area contributed by atoms with Crippen LogP contribution in [0.4, 0.5) is 14.5 Å². The van der Waals surface area contributed by atoms with E-state index in [9.17, 15) is 18.4 Å². The lowest BCUT2D eigenvalue weighted by Crippen LogP contribution is -2.32. The largest absolute Gasteiger partial charge is 0.496 e. The number of methoxy groups -OCH3 is 1. The fraction of sp³-hybridized carbons (Fsp3) is 0.267. The van der Waals surface area contributed by atoms with Crippen molar-refractivity contribution in [3.05, 3.63) is 81.2 Å². The summed E-state index contributed by atoms with van der Waals surface area (Å²) in [5.74, 6) is -0.906. The molecular weight excluding hydrogens is 587 g/mol. The number of fused-ring (bicyclic) bond motifs is 1. The van der Waals surface area contributed by atoms with E-state index in [1.54, 1.807) is 35.9 Å². The van der Waals surface area contributed by atoms with Gasteiger partial charge in [0.25, 0.3) is 5.91 Å². The number of nitrogens with zero attached hydrogens (tertiary/aromatic N) is 4. The Morgan fingerprint density at radius 3 is 2.71 bits per heavy atom. The normalized spacial score (nSPS) is 13.1. The van der Waals surface area contributed by atoms with E-state index in [1.165, 1.54) is 19.4 Å². The lowest BCUT2D eigenvalue weighted by Gasteiger charge is -2.26. The van der Waals surface area contributed by atoms with Gasteiger partial charge in [0.05, 0.1) is 46.5 Å². The number of pyridine rings is 1. The third kappa shape index (κ3) is 5.62. The molecule has 0 atom stereocenters. The fourth-order valence-corrected chi connectivity index (χ4v) is 5.74. The molecular formula is C30H27Cl2F2N5O3. The fourth-order valence-electron chi connectivity index (χ4n) is 5.14. The van der Waals surface area contributed by atoms with Crippen LogP contribution in [0.25, 0.3) is 22.4 Å². The van der Waals surface area contributed by atoms with Crippen molar-refractivity contribution in [3.8, 4) is 28.1 Å². The van der Waals surface area contributed by atoms with E-state index in [4.69, 9.17) is 27.9 Å². The van der Waals surface area contributed by atoms with Crippen molar-refractivity contribution in [2.75, 3.05) is 32.2 Å². The summed E-state index contributed by atoms with van der Waals surface area (Å²) in [4.78, 5) is 35.7. The van der Waals surface area contributed by atoms with Crippen LogP contribution in [0.1, 0.15) is 38.8 Å². The number of alkyl halides is 1. The quantitative estimate of drug-likeness (QED) is 0.220. The summed E-state index contributed by atoms with van der Waals surface area (Å²) in [6, 6.07) is 9.43. The van der Waals surface area contributed by atoms with Crippen LogP contribution in [0.3, 0.4) is 0 Å². The molecule has 1 N–H and O–H groups in total. The second kappa shape index (κ2) is 12.6. The Bertz CT molecular complexity index is 1680. The number of hydrogen-bond acceptors (Lipinski definition) is 6. The van der Waals surface area contributed by atoms with Gasteiger partial charge in [-0.25, -0.2) is 9.37 Å². The molecule has 12 heteroatoms. The van der Waals surface area contributed by atoms with E-state index in [0.717, 1.165) is 24.0 Å². The Kier molecular flexibility index (Phi) is 8.86. The number of ether oxygens (including phenoxy) is 1. The maximum atomic E-state index is 14.6. The number of aromatic nitrogens is 3. The highest BCUT2D eigenvalue weighted by molar-refractivity contribution is 6.39. The summed E-state index contributed by atoms with van der Waals surface area (Å²) >= 11 is 13.6. The Morgan fingerprint density at radius 2 is 1.98 bits per heavy atom. The number of benzene rings is 2. The zero-order chi connectivity index (χ0) is 30.0. The van der Waals surface area contributed by atoms with Crippen LogP contribution in [0.15, 0.2) is 42.6 Å². The highest BCUT2D eigenvalue weighted by Gasteiger charge is 2.26. The van der Waals surface area contributed by atoms with Crippen molar-refractivity contribution < 1.29 is 23.1 Å². The Labute approximate surface area is 251 Å². The number of nitrogens with one attached hydrogen (secondary N) is 1. The number of carbonyl (C=O) groups is 2. The van der Waals surface area contributed by atoms with Gasteiger partial charge in [-0.2, -0.15) is 0 Å². The van der Waals surface area contributed by atoms with Gasteiger partial charge >= 0.3 is 0 Å². The second-order valence-corrected chi connectivity index (χ2v) is 10.5. The summed E-state index contributed by atoms with van der Waals surface area (Å²) < 4.78 is 34.2. The minimum Gasteiger partial charge on any atom is -0.496 e. The average Bonchev–Trinajstić information content (AvgIpc) is 3.32. The lowest BCUT2D eigenvalue weighted by molar-refractivity contribution is 0.101. The molecule has 1 amide bonds. The number of anilines is 1. The van der Waals surface area contributed by atoms with E-state index >= 15 is 0 Å². The van der Waals surface area contributed by atoms with E-state index in [1.807, 2.05) is 0 Å². The molecule has 5 rings (SSSR count). The molecule has 0 aliphatic carbocycles. The summed E-state index contributed by atoms with van der Waals surface area (Å²) in [7, 11) is 3.13. The number of carbonyl (C=O) groups excluding carboxylic acids is 2. The monoisotopic (exact) mass is 613 g/mol. The summed E-state index contributed by atoms with van der Waals surface area (Å²) in [5, 5.41) is 3.29. The molecule has 2 aromatic heterocycles. The van der Waals surface area contributed by atoms with Crippen LogP contribution >= 0.6 is 23.2 Å². The number of hydrogen-bond donors (Lipinski definition) is 1. The van der Waals surface area contributed by atoms with Crippen molar-refractivity contribution in [2.45, 2.75) is 19.4 Å². The zero-order valence-electron chi connectivity index (χ0n) is 22.9. The Morgan fingerprint density at radius 1 is 1.19 bits per heavy atom. The van der Waals surface area contributed by atoms with Crippen molar-refractivity contribution in [3.63, 3.8) is 0 Å². The minimum atomic E-state index is -0.770. The molecule has 218 valence electrons. The van der Waals surface area contributed by atoms with Gasteiger partial charge in [-0.3, -0.25) is 23.9 Å². The van der Waals surface area contributed by atoms with E-state index in [-0.39, 0.29) is 39.6 Å². The van der Waals surface area contributed by atoms with E-state index in [0.29, 0.717) is 54.6 Å². The molecule has 0 bridgehead atoms. The number of amides is 1. The molecule has 0 spiro atoms. The van der Waals surface area contributed by atoms with Crippen molar-refractivity contribution in [2.24, 2.45) is 7.05 Å². The van der Waals surface area contributed by atoms with E-state index in [2.05, 4.69) is 20.2 Å². The third-order valence-corrected chi connectivity index (χ3v) is 8.06. The van der Waals surface area contributed by atoms with Crippen LogP contribution in [0.5, 0.6) is 5.75 Å². The van der Waals surface area contributed by atoms with E-state index < -0.39 is 11.7 Å². The lowest BCUT2D eigenvalue weighted by atomic mass is 10.0. The van der Waals surface area contributed by atoms with Gasteiger partial charge in [-0.15, -0.1) is 0 Å². The highest BCUT2D eigenvalue weighted by Crippen LogP contribution is 2.41. The summed E-state index contributed by atoms with van der Waals surface area (Å²) in [5.41, 5.74) is 3.51. The zero-order valence-corrected chi connectivity index (χ0v) is 24.4. The first kappa shape index (κ1) is 29.6. The van der Waals surface area contributed by atoms with Gasteiger partial charge in [-0.1, -0.05) is 35.3 Å². The molecule has 4 aromatic rings. The topological polar surface area (TPSA) is 89.3 Å². The van der Waals surface area contributed by atoms with Gasteiger partial charge in [-0.05, 0) is 30.7 Å². The molecule has 3 heterocycles. The first-order valence-electron chi connectivity index (χ1n) is 13.2. The maximum absolute atomic E-state index is 14.6. The first-order valence-corrected chi connectivity index (χ1v) is 13.9. The number of rotatable bonds is 9. The molecule has 0 fully saturated rings. The standard InChI is InChI=1S/C30H27Cl2F2N5O3/c1-38-24-8-12-39(11-4-9-33)15-23(24)36-29(38)30(41)37-22-6-3-5-18(26(22)31)19-7-10-35-28(27(19)32)17-13-21(34)20(16-40)25(14-17)42-2/h3,5-7,10,13-14,16H,4,8-9,11-12,15H2,1-2H3,(H,37,41). The van der Waals surface area contributed by atoms with Gasteiger partial charge in [0.15, 0.2) is 12.1 Å². The van der Waals surface area contributed by atoms with Gasteiger partial charge in [0.1, 0.15) is 11.6 Å². The Hall–Kier alpha value is -3.86. The molecule has 0 radical (unpaired) electrons. The third-order valence-electron chi connectivity index (χ3n) is 7.27. The van der Waals surface area contributed by atoms with Crippen LogP contribution in [0, 0.1) is 5.82 Å². The smallest absolute Gasteiger partial charge is 0.291 e. The first-order chi connectivity index (χ1) is 20.3. The molecule has 1 aliphatic heterocycles. The van der Waals surface area contributed by atoms with Crippen LogP contribution < -0.4 is 10.1 Å². The van der Waals surface area contributed by atoms with Crippen LogP contribution in [0.2, 0.25) is 10.0 Å². The van der Waals surface area contributed by atoms with Crippen molar-refractivity contribution >= 4 is 41.1 Å². The van der Waals surface area contributed by atoms with Crippen molar-refractivity contribution in [1.82, 2.24) is 19.4 Å². The number of halogens is 4. The van der Waals surface area contributed by atoms with Gasteiger partial charge in [0, 0.05) is 61.7 Å². The SMILES string of the molecule is COc1cc(-c2nccc(-c3cccc(NC(=O)c4nc5c(n4C)CCN(CCCF)C5)c3Cl)c2Cl)cc(F)c1C=O. The molecule has 0 saturated carbocycles. The van der Waals surface area contributed by atoms with Crippen LogP contribution in [-0.2, 0) is 20.0 Å². The molecule has 0 saturated heterocycles. The molecule has 1 aliphatic rings. The molecule has 2 aromatic carbocycles. The number of imidazole rings is 1. The average molecular weight is 614 g/mol. The predicted octanol–water partition coefficient (Wildman–Crippen LogP) is 6.39. The second-order valence-electron chi connectivity index (χ2n) is 9.79. The van der Waals surface area contributed by atoms with Gasteiger partial charge in [0.2, 0.25) is 0 Å². The molecule has 0 unspecified atom stereocenters. The van der Waals surface area contributed by atoms with Crippen LogP contribution in [-0.4, -0.2) is 58.5 Å². The van der Waals surface area contributed by atoms with Gasteiger partial charge < -0.3 is 14.6 Å².